The van der Waals surface area contributed by atoms with Gasteiger partial charge in [-0.1, -0.05) is 20.8 Å². The van der Waals surface area contributed by atoms with Crippen LogP contribution in [0.4, 0.5) is 13.6 Å². The van der Waals surface area contributed by atoms with Crippen molar-refractivity contribution in [2.45, 2.75) is 95.4 Å². The van der Waals surface area contributed by atoms with Crippen molar-refractivity contribution in [3.8, 4) is 0 Å². The first kappa shape index (κ1) is 24.3. The van der Waals surface area contributed by atoms with Crippen LogP contribution in [0.15, 0.2) is 11.8 Å². The van der Waals surface area contributed by atoms with E-state index < -0.39 is 29.9 Å². The molecule has 4 atom stereocenters. The van der Waals surface area contributed by atoms with E-state index in [9.17, 15) is 18.4 Å². The molecule has 0 bridgehead atoms. The van der Waals surface area contributed by atoms with E-state index in [4.69, 9.17) is 16.7 Å². The summed E-state index contributed by atoms with van der Waals surface area (Å²) in [6.45, 7) is 6.61. The van der Waals surface area contributed by atoms with Gasteiger partial charge in [-0.05, 0) is 61.3 Å². The standard InChI is InChI=1S/C23H35ClF2N2O3/c1-21(2,3)8-6-15-4-5-16(12-18(15)24)23-10-9-22(25,26)13-17(23)14-28(20(31)27-23)11-7-19(29)30/h14-16,18H,4-13H2,1-3H3,(H,27,31)(H,29,30)/t15?,16?,18-,23?/m1/s1. The molecule has 2 N–H and O–H groups in total. The monoisotopic (exact) mass is 460 g/mol. The number of halogens is 3. The second-order valence-electron chi connectivity index (χ2n) is 10.8. The van der Waals surface area contributed by atoms with Gasteiger partial charge in [-0.25, -0.2) is 13.6 Å². The smallest absolute Gasteiger partial charge is 0.322 e. The van der Waals surface area contributed by atoms with E-state index in [0.29, 0.717) is 17.9 Å². The molecule has 1 aliphatic heterocycles. The van der Waals surface area contributed by atoms with E-state index in [0.717, 1.165) is 25.7 Å². The highest BCUT2D eigenvalue weighted by Gasteiger charge is 2.55. The molecule has 0 aromatic carbocycles. The molecule has 0 radical (unpaired) electrons. The summed E-state index contributed by atoms with van der Waals surface area (Å²) in [4.78, 5) is 24.9. The largest absolute Gasteiger partial charge is 0.481 e. The number of urea groups is 1. The van der Waals surface area contributed by atoms with Gasteiger partial charge in [0.05, 0.1) is 12.0 Å². The van der Waals surface area contributed by atoms with Crippen molar-refractivity contribution in [1.29, 1.82) is 0 Å². The van der Waals surface area contributed by atoms with Gasteiger partial charge in [0, 0.05) is 31.0 Å². The van der Waals surface area contributed by atoms with E-state index in [-0.39, 0.29) is 42.5 Å². The minimum absolute atomic E-state index is 0.00816. The predicted molar refractivity (Wildman–Crippen MR) is 116 cm³/mol. The lowest BCUT2D eigenvalue weighted by atomic mass is 9.62. The fraction of sp³-hybridized carbons (Fsp3) is 0.826. The van der Waals surface area contributed by atoms with Crippen molar-refractivity contribution in [2.24, 2.45) is 17.3 Å². The molecule has 2 amide bonds. The van der Waals surface area contributed by atoms with Crippen LogP contribution in [0.5, 0.6) is 0 Å². The number of rotatable bonds is 6. The van der Waals surface area contributed by atoms with Crippen LogP contribution in [0.3, 0.4) is 0 Å². The van der Waals surface area contributed by atoms with Crippen molar-refractivity contribution in [3.63, 3.8) is 0 Å². The summed E-state index contributed by atoms with van der Waals surface area (Å²) in [6.07, 6.45) is 5.36. The van der Waals surface area contributed by atoms with E-state index in [2.05, 4.69) is 26.1 Å². The number of carboxylic acids is 1. The van der Waals surface area contributed by atoms with Crippen LogP contribution in [0.2, 0.25) is 0 Å². The average Bonchev–Trinajstić information content (AvgIpc) is 2.64. The van der Waals surface area contributed by atoms with Crippen LogP contribution in [-0.2, 0) is 4.79 Å². The lowest BCUT2D eigenvalue weighted by Crippen LogP contribution is -2.64. The van der Waals surface area contributed by atoms with Crippen LogP contribution in [0, 0.1) is 17.3 Å². The maximum atomic E-state index is 14.3. The lowest BCUT2D eigenvalue weighted by Gasteiger charge is -2.53. The molecule has 176 valence electrons. The number of aliphatic carboxylic acids is 1. The number of hydrogen-bond donors (Lipinski definition) is 2. The first-order valence-corrected chi connectivity index (χ1v) is 11.8. The van der Waals surface area contributed by atoms with E-state index >= 15 is 0 Å². The van der Waals surface area contributed by atoms with Crippen LogP contribution in [0.1, 0.15) is 78.6 Å². The van der Waals surface area contributed by atoms with Crippen molar-refractivity contribution in [3.05, 3.63) is 11.8 Å². The van der Waals surface area contributed by atoms with Crippen LogP contribution in [-0.4, -0.2) is 45.4 Å². The number of carbonyl (C=O) groups excluding carboxylic acids is 1. The maximum Gasteiger partial charge on any atom is 0.322 e. The Hall–Kier alpha value is -1.37. The predicted octanol–water partition coefficient (Wildman–Crippen LogP) is 5.78. The minimum atomic E-state index is -2.82. The van der Waals surface area contributed by atoms with E-state index in [1.165, 1.54) is 11.1 Å². The molecule has 0 saturated heterocycles. The number of carboxylic acid groups (broad SMARTS) is 1. The molecule has 0 spiro atoms. The fourth-order valence-electron chi connectivity index (χ4n) is 5.40. The number of carbonyl (C=O) groups is 2. The van der Waals surface area contributed by atoms with Gasteiger partial charge in [0.15, 0.2) is 0 Å². The highest BCUT2D eigenvalue weighted by atomic mass is 35.5. The Morgan fingerprint density at radius 2 is 2.03 bits per heavy atom. The van der Waals surface area contributed by atoms with Crippen molar-refractivity contribution in [2.75, 3.05) is 6.54 Å². The molecule has 3 aliphatic rings. The second-order valence-corrected chi connectivity index (χ2v) is 11.4. The Kier molecular flexibility index (Phi) is 6.95. The summed E-state index contributed by atoms with van der Waals surface area (Å²) in [5, 5.41) is 11.9. The number of nitrogens with one attached hydrogen (secondary N) is 1. The average molecular weight is 461 g/mol. The summed E-state index contributed by atoms with van der Waals surface area (Å²) in [6, 6.07) is -0.406. The highest BCUT2D eigenvalue weighted by Crippen LogP contribution is 2.52. The third-order valence-corrected chi connectivity index (χ3v) is 7.78. The number of alkyl halides is 3. The summed E-state index contributed by atoms with van der Waals surface area (Å²) >= 11 is 6.80. The number of amides is 2. The van der Waals surface area contributed by atoms with Crippen molar-refractivity contribution < 1.29 is 23.5 Å². The third kappa shape index (κ3) is 5.71. The summed E-state index contributed by atoms with van der Waals surface area (Å²) in [5.41, 5.74) is -0.0512. The summed E-state index contributed by atoms with van der Waals surface area (Å²) < 4.78 is 28.6. The molecule has 3 rings (SSSR count). The zero-order chi connectivity index (χ0) is 23.0. The maximum absolute atomic E-state index is 14.3. The molecule has 2 aliphatic carbocycles. The number of hydrogen-bond acceptors (Lipinski definition) is 2. The van der Waals surface area contributed by atoms with Gasteiger partial charge in [0.1, 0.15) is 0 Å². The van der Waals surface area contributed by atoms with Crippen LogP contribution >= 0.6 is 11.6 Å². The zero-order valence-electron chi connectivity index (χ0n) is 18.7. The first-order chi connectivity index (χ1) is 14.3. The van der Waals surface area contributed by atoms with Crippen LogP contribution < -0.4 is 5.32 Å². The van der Waals surface area contributed by atoms with Gasteiger partial charge >= 0.3 is 12.0 Å². The van der Waals surface area contributed by atoms with Crippen molar-refractivity contribution >= 4 is 23.6 Å². The Bertz CT molecular complexity index is 737. The second kappa shape index (κ2) is 8.87. The topological polar surface area (TPSA) is 69.6 Å². The SMILES string of the molecule is CC(C)(C)CCC1CCC(C23CCC(F)(F)CC2=CN(CCC(=O)O)C(=O)N3)C[C@H]1Cl. The summed E-state index contributed by atoms with van der Waals surface area (Å²) in [7, 11) is 0. The van der Waals surface area contributed by atoms with Gasteiger partial charge < -0.3 is 15.3 Å². The molecule has 0 aromatic rings. The Morgan fingerprint density at radius 3 is 2.65 bits per heavy atom. The Labute approximate surface area is 188 Å². The lowest BCUT2D eigenvalue weighted by molar-refractivity contribution is -0.137. The van der Waals surface area contributed by atoms with Gasteiger partial charge in [-0.2, -0.15) is 0 Å². The molecule has 5 nitrogen and oxygen atoms in total. The van der Waals surface area contributed by atoms with Gasteiger partial charge in [0.2, 0.25) is 0 Å². The van der Waals surface area contributed by atoms with E-state index in [1.807, 2.05) is 0 Å². The number of fused-ring (bicyclic) bond motifs is 1. The number of nitrogens with zero attached hydrogens (tertiary/aromatic N) is 1. The van der Waals surface area contributed by atoms with Crippen LogP contribution in [0.25, 0.3) is 0 Å². The first-order valence-electron chi connectivity index (χ1n) is 11.3. The highest BCUT2D eigenvalue weighted by molar-refractivity contribution is 6.20. The summed E-state index contributed by atoms with van der Waals surface area (Å²) in [5.74, 6) is -3.44. The molecule has 2 saturated carbocycles. The third-order valence-electron chi connectivity index (χ3n) is 7.25. The molecule has 0 aromatic heterocycles. The zero-order valence-corrected chi connectivity index (χ0v) is 19.5. The normalized spacial score (nSPS) is 33.4. The molecule has 1 heterocycles. The Morgan fingerprint density at radius 1 is 1.32 bits per heavy atom. The molecule has 31 heavy (non-hydrogen) atoms. The van der Waals surface area contributed by atoms with Gasteiger partial charge in [-0.3, -0.25) is 4.79 Å². The quantitative estimate of drug-likeness (QED) is 0.494. The molecule has 3 unspecified atom stereocenters. The molecular weight excluding hydrogens is 426 g/mol. The molecule has 2 fully saturated rings. The van der Waals surface area contributed by atoms with Gasteiger partial charge in [0.25, 0.3) is 5.92 Å². The molecule has 8 heteroatoms. The van der Waals surface area contributed by atoms with Crippen molar-refractivity contribution in [1.82, 2.24) is 10.2 Å². The molecular formula is C23H35ClF2N2O3. The minimum Gasteiger partial charge on any atom is -0.481 e. The van der Waals surface area contributed by atoms with E-state index in [1.54, 1.807) is 0 Å². The fourth-order valence-corrected chi connectivity index (χ4v) is 5.87. The van der Waals surface area contributed by atoms with Gasteiger partial charge in [-0.15, -0.1) is 11.6 Å². The Balaban J connectivity index is 1.79.